The van der Waals surface area contributed by atoms with Crippen LogP contribution in [0.15, 0.2) is 36.4 Å². The molecule has 1 heteroatoms. The lowest BCUT2D eigenvalue weighted by molar-refractivity contribution is 0.0772. The zero-order valence-corrected chi connectivity index (χ0v) is 11.7. The summed E-state index contributed by atoms with van der Waals surface area (Å²) in [6.07, 6.45) is 14.4. The standard InChI is InChI=1S/C18H24O/c1-2-7-16(8-3-1)9-10-17-15-18(11-4-5-12-18)13-6-14-19-17/h1-3,7-10,17H,4-6,11-15H2/b10-9+. The molecule has 0 amide bonds. The van der Waals surface area contributed by atoms with Gasteiger partial charge in [0.05, 0.1) is 6.10 Å². The fourth-order valence-electron chi connectivity index (χ4n) is 3.75. The van der Waals surface area contributed by atoms with Gasteiger partial charge in [0.15, 0.2) is 0 Å². The summed E-state index contributed by atoms with van der Waals surface area (Å²) < 4.78 is 6.02. The zero-order chi connectivity index (χ0) is 13.0. The zero-order valence-electron chi connectivity index (χ0n) is 11.7. The fraction of sp³-hybridized carbons (Fsp3) is 0.556. The quantitative estimate of drug-likeness (QED) is 0.736. The lowest BCUT2D eigenvalue weighted by Crippen LogP contribution is -2.21. The first-order chi connectivity index (χ1) is 9.36. The summed E-state index contributed by atoms with van der Waals surface area (Å²) in [5.41, 5.74) is 1.87. The third-order valence-corrected chi connectivity index (χ3v) is 4.78. The van der Waals surface area contributed by atoms with E-state index in [2.05, 4.69) is 42.5 Å². The van der Waals surface area contributed by atoms with Crippen LogP contribution in [0.4, 0.5) is 0 Å². The smallest absolute Gasteiger partial charge is 0.0764 e. The first-order valence-electron chi connectivity index (χ1n) is 7.71. The molecule has 0 radical (unpaired) electrons. The van der Waals surface area contributed by atoms with Crippen LogP contribution < -0.4 is 0 Å². The minimum Gasteiger partial charge on any atom is -0.374 e. The minimum absolute atomic E-state index is 0.320. The van der Waals surface area contributed by atoms with Crippen molar-refractivity contribution in [2.75, 3.05) is 6.61 Å². The van der Waals surface area contributed by atoms with Crippen LogP contribution in [0.3, 0.4) is 0 Å². The van der Waals surface area contributed by atoms with E-state index in [1.807, 2.05) is 0 Å². The van der Waals surface area contributed by atoms with Crippen LogP contribution in [0.25, 0.3) is 6.08 Å². The Hall–Kier alpha value is -1.08. The highest BCUT2D eigenvalue weighted by Crippen LogP contribution is 2.47. The van der Waals surface area contributed by atoms with Crippen LogP contribution >= 0.6 is 0 Å². The summed E-state index contributed by atoms with van der Waals surface area (Å²) in [7, 11) is 0. The van der Waals surface area contributed by atoms with Gasteiger partial charge in [-0.05, 0) is 43.1 Å². The van der Waals surface area contributed by atoms with Crippen LogP contribution in [0, 0.1) is 5.41 Å². The molecule has 1 saturated carbocycles. The van der Waals surface area contributed by atoms with Crippen molar-refractivity contribution in [1.29, 1.82) is 0 Å². The van der Waals surface area contributed by atoms with Crippen molar-refractivity contribution in [1.82, 2.24) is 0 Å². The second kappa shape index (κ2) is 5.92. The van der Waals surface area contributed by atoms with E-state index in [9.17, 15) is 0 Å². The first-order valence-corrected chi connectivity index (χ1v) is 7.71. The maximum Gasteiger partial charge on any atom is 0.0764 e. The van der Waals surface area contributed by atoms with Crippen molar-refractivity contribution in [2.24, 2.45) is 5.41 Å². The predicted molar refractivity (Wildman–Crippen MR) is 80.0 cm³/mol. The molecule has 1 saturated heterocycles. The lowest BCUT2D eigenvalue weighted by atomic mass is 9.77. The molecule has 1 aromatic carbocycles. The Bertz CT molecular complexity index is 415. The van der Waals surface area contributed by atoms with Crippen molar-refractivity contribution in [3.8, 4) is 0 Å². The summed E-state index contributed by atoms with van der Waals surface area (Å²) in [6, 6.07) is 10.5. The maximum atomic E-state index is 6.02. The van der Waals surface area contributed by atoms with E-state index in [0.29, 0.717) is 11.5 Å². The second-order valence-corrected chi connectivity index (χ2v) is 6.19. The lowest BCUT2D eigenvalue weighted by Gasteiger charge is -2.28. The highest BCUT2D eigenvalue weighted by Gasteiger charge is 2.36. The molecule has 3 rings (SSSR count). The van der Waals surface area contributed by atoms with Gasteiger partial charge < -0.3 is 4.74 Å². The summed E-state index contributed by atoms with van der Waals surface area (Å²) in [5.74, 6) is 0. The molecule has 0 bridgehead atoms. The van der Waals surface area contributed by atoms with E-state index in [1.165, 1.54) is 50.5 Å². The molecule has 19 heavy (non-hydrogen) atoms. The third-order valence-electron chi connectivity index (χ3n) is 4.78. The molecule has 1 nitrogen and oxygen atoms in total. The normalized spacial score (nSPS) is 26.8. The SMILES string of the molecule is C(=C\C1CC2(CCCC2)CCCO1)/c1ccccc1. The van der Waals surface area contributed by atoms with Gasteiger partial charge in [-0.25, -0.2) is 0 Å². The molecule has 1 aliphatic heterocycles. The largest absolute Gasteiger partial charge is 0.374 e. The molecule has 1 atom stereocenters. The molecule has 2 fully saturated rings. The topological polar surface area (TPSA) is 9.23 Å². The molecule has 0 aromatic heterocycles. The van der Waals surface area contributed by atoms with Crippen molar-refractivity contribution >= 4 is 6.08 Å². The molecule has 2 aliphatic rings. The van der Waals surface area contributed by atoms with Gasteiger partial charge >= 0.3 is 0 Å². The van der Waals surface area contributed by atoms with Crippen LogP contribution in [0.1, 0.15) is 50.5 Å². The Morgan fingerprint density at radius 1 is 1.00 bits per heavy atom. The molecule has 1 spiro atoms. The van der Waals surface area contributed by atoms with E-state index >= 15 is 0 Å². The second-order valence-electron chi connectivity index (χ2n) is 6.19. The highest BCUT2D eigenvalue weighted by atomic mass is 16.5. The molecular formula is C18H24O. The van der Waals surface area contributed by atoms with Crippen LogP contribution in [-0.4, -0.2) is 12.7 Å². The molecule has 1 unspecified atom stereocenters. The molecular weight excluding hydrogens is 232 g/mol. The molecule has 0 N–H and O–H groups in total. The molecule has 102 valence electrons. The fourth-order valence-corrected chi connectivity index (χ4v) is 3.75. The summed E-state index contributed by atoms with van der Waals surface area (Å²) in [4.78, 5) is 0. The molecule has 1 aliphatic carbocycles. The van der Waals surface area contributed by atoms with Gasteiger partial charge in [-0.1, -0.05) is 55.3 Å². The Labute approximate surface area is 116 Å². The van der Waals surface area contributed by atoms with E-state index < -0.39 is 0 Å². The first kappa shape index (κ1) is 12.9. The Morgan fingerprint density at radius 3 is 2.53 bits per heavy atom. The van der Waals surface area contributed by atoms with Crippen LogP contribution in [-0.2, 0) is 4.74 Å². The van der Waals surface area contributed by atoms with E-state index in [0.717, 1.165) is 6.61 Å². The molecule has 1 heterocycles. The van der Waals surface area contributed by atoms with Crippen molar-refractivity contribution in [3.05, 3.63) is 42.0 Å². The Kier molecular flexibility index (Phi) is 4.03. The number of benzene rings is 1. The van der Waals surface area contributed by atoms with E-state index in [1.54, 1.807) is 0 Å². The van der Waals surface area contributed by atoms with E-state index in [4.69, 9.17) is 4.74 Å². The predicted octanol–water partition coefficient (Wildman–Crippen LogP) is 4.83. The number of rotatable bonds is 2. The molecule has 1 aromatic rings. The monoisotopic (exact) mass is 256 g/mol. The van der Waals surface area contributed by atoms with Gasteiger partial charge in [0, 0.05) is 6.61 Å². The van der Waals surface area contributed by atoms with Crippen LogP contribution in [0.2, 0.25) is 0 Å². The number of hydrogen-bond donors (Lipinski definition) is 0. The third kappa shape index (κ3) is 3.27. The van der Waals surface area contributed by atoms with Gasteiger partial charge in [-0.2, -0.15) is 0 Å². The van der Waals surface area contributed by atoms with Crippen molar-refractivity contribution in [3.63, 3.8) is 0 Å². The number of ether oxygens (including phenoxy) is 1. The Morgan fingerprint density at radius 2 is 1.74 bits per heavy atom. The maximum absolute atomic E-state index is 6.02. The summed E-state index contributed by atoms with van der Waals surface area (Å²) in [6.45, 7) is 0.936. The van der Waals surface area contributed by atoms with E-state index in [-0.39, 0.29) is 0 Å². The van der Waals surface area contributed by atoms with Crippen LogP contribution in [0.5, 0.6) is 0 Å². The van der Waals surface area contributed by atoms with Gasteiger partial charge in [-0.15, -0.1) is 0 Å². The highest BCUT2D eigenvalue weighted by molar-refractivity contribution is 5.49. The van der Waals surface area contributed by atoms with Gasteiger partial charge in [0.25, 0.3) is 0 Å². The number of hydrogen-bond acceptors (Lipinski definition) is 1. The van der Waals surface area contributed by atoms with Crippen molar-refractivity contribution in [2.45, 2.75) is 51.0 Å². The minimum atomic E-state index is 0.320. The Balaban J connectivity index is 1.68. The average Bonchev–Trinajstić information content (AvgIpc) is 2.80. The van der Waals surface area contributed by atoms with Gasteiger partial charge in [0.1, 0.15) is 0 Å². The average molecular weight is 256 g/mol. The summed E-state index contributed by atoms with van der Waals surface area (Å²) >= 11 is 0. The van der Waals surface area contributed by atoms with Crippen molar-refractivity contribution < 1.29 is 4.74 Å². The van der Waals surface area contributed by atoms with Gasteiger partial charge in [0.2, 0.25) is 0 Å². The van der Waals surface area contributed by atoms with Gasteiger partial charge in [-0.3, -0.25) is 0 Å². The summed E-state index contributed by atoms with van der Waals surface area (Å²) in [5, 5.41) is 0.